The Morgan fingerprint density at radius 1 is 0.957 bits per heavy atom. The number of carbonyl (C=O) groups excluding carboxylic acids is 2. The first kappa shape index (κ1) is 16.4. The van der Waals surface area contributed by atoms with Crippen molar-refractivity contribution in [1.29, 1.82) is 0 Å². The Hall–Kier alpha value is -3.02. The van der Waals surface area contributed by atoms with Crippen LogP contribution in [0.1, 0.15) is 12.5 Å². The second-order valence-electron chi connectivity index (χ2n) is 4.78. The standard InChI is InChI=1S/C17H18N2O4/c1-2-23-15-9-7-14(8-10-15)19-17(22)18-13-5-3-12(4-6-13)11-16(20)21/h3-10H,2,11H2,1H3,(H,20,21)(H2,18,19,22)/p-1. The summed E-state index contributed by atoms with van der Waals surface area (Å²) in [5.74, 6) is -0.402. The van der Waals surface area contributed by atoms with E-state index in [2.05, 4.69) is 10.6 Å². The van der Waals surface area contributed by atoms with Crippen molar-refractivity contribution in [2.45, 2.75) is 13.3 Å². The van der Waals surface area contributed by atoms with Gasteiger partial charge in [0.25, 0.3) is 0 Å². The molecule has 0 heterocycles. The Kier molecular flexibility index (Phi) is 5.57. The minimum Gasteiger partial charge on any atom is -0.550 e. The summed E-state index contributed by atoms with van der Waals surface area (Å²) < 4.78 is 5.33. The summed E-state index contributed by atoms with van der Waals surface area (Å²) in [6.07, 6.45) is -0.154. The average molecular weight is 313 g/mol. The van der Waals surface area contributed by atoms with Gasteiger partial charge >= 0.3 is 6.03 Å². The van der Waals surface area contributed by atoms with E-state index >= 15 is 0 Å². The lowest BCUT2D eigenvalue weighted by Crippen LogP contribution is -2.24. The number of carboxylic acid groups (broad SMARTS) is 1. The summed E-state index contributed by atoms with van der Waals surface area (Å²) in [6, 6.07) is 13.2. The van der Waals surface area contributed by atoms with E-state index in [0.29, 0.717) is 23.5 Å². The minimum atomic E-state index is -1.14. The van der Waals surface area contributed by atoms with Gasteiger partial charge in [-0.3, -0.25) is 0 Å². The van der Waals surface area contributed by atoms with Crippen molar-refractivity contribution in [3.05, 3.63) is 54.1 Å². The highest BCUT2D eigenvalue weighted by molar-refractivity contribution is 5.99. The lowest BCUT2D eigenvalue weighted by Gasteiger charge is -2.09. The number of carboxylic acids is 1. The highest BCUT2D eigenvalue weighted by atomic mass is 16.5. The zero-order valence-corrected chi connectivity index (χ0v) is 12.7. The zero-order chi connectivity index (χ0) is 16.7. The second kappa shape index (κ2) is 7.84. The molecule has 0 spiro atoms. The number of amides is 2. The summed E-state index contributed by atoms with van der Waals surface area (Å²) in [4.78, 5) is 22.4. The Labute approximate surface area is 134 Å². The maximum atomic E-state index is 11.9. The molecule has 0 bridgehead atoms. The highest BCUT2D eigenvalue weighted by Gasteiger charge is 2.03. The molecule has 0 unspecified atom stereocenters. The zero-order valence-electron chi connectivity index (χ0n) is 12.7. The predicted octanol–water partition coefficient (Wildman–Crippen LogP) is 2.02. The largest absolute Gasteiger partial charge is 0.550 e. The van der Waals surface area contributed by atoms with Gasteiger partial charge in [0.2, 0.25) is 0 Å². The summed E-state index contributed by atoms with van der Waals surface area (Å²) in [5.41, 5.74) is 1.82. The van der Waals surface area contributed by atoms with Crippen LogP contribution in [0, 0.1) is 0 Å². The van der Waals surface area contributed by atoms with E-state index in [-0.39, 0.29) is 12.5 Å². The van der Waals surface area contributed by atoms with Crippen LogP contribution in [-0.2, 0) is 11.2 Å². The van der Waals surface area contributed by atoms with Crippen LogP contribution in [0.15, 0.2) is 48.5 Å². The van der Waals surface area contributed by atoms with Crippen LogP contribution in [0.3, 0.4) is 0 Å². The number of hydrogen-bond donors (Lipinski definition) is 2. The Bertz CT molecular complexity index is 666. The van der Waals surface area contributed by atoms with E-state index in [1.54, 1.807) is 48.5 Å². The molecule has 2 aromatic rings. The summed E-state index contributed by atoms with van der Waals surface area (Å²) >= 11 is 0. The molecule has 2 amide bonds. The molecule has 0 atom stereocenters. The van der Waals surface area contributed by atoms with E-state index in [0.717, 1.165) is 5.75 Å². The quantitative estimate of drug-likeness (QED) is 0.853. The van der Waals surface area contributed by atoms with Crippen LogP contribution in [0.2, 0.25) is 0 Å². The Morgan fingerprint density at radius 3 is 1.96 bits per heavy atom. The van der Waals surface area contributed by atoms with Gasteiger partial charge in [-0.2, -0.15) is 0 Å². The lowest BCUT2D eigenvalue weighted by atomic mass is 10.1. The number of ether oxygens (including phenoxy) is 1. The van der Waals surface area contributed by atoms with Crippen molar-refractivity contribution < 1.29 is 19.4 Å². The van der Waals surface area contributed by atoms with Gasteiger partial charge in [-0.25, -0.2) is 4.79 Å². The molecule has 2 rings (SSSR count). The average Bonchev–Trinajstić information content (AvgIpc) is 2.51. The highest BCUT2D eigenvalue weighted by Crippen LogP contribution is 2.16. The van der Waals surface area contributed by atoms with E-state index in [1.807, 2.05) is 6.92 Å². The van der Waals surface area contributed by atoms with Crippen molar-refractivity contribution in [3.63, 3.8) is 0 Å². The third-order valence-corrected chi connectivity index (χ3v) is 2.98. The summed E-state index contributed by atoms with van der Waals surface area (Å²) in [7, 11) is 0. The van der Waals surface area contributed by atoms with Crippen molar-refractivity contribution in [2.75, 3.05) is 17.2 Å². The molecule has 0 saturated carbocycles. The fraction of sp³-hybridized carbons (Fsp3) is 0.176. The van der Waals surface area contributed by atoms with Crippen LogP contribution in [0.4, 0.5) is 16.2 Å². The number of aliphatic carboxylic acids is 1. The third kappa shape index (κ3) is 5.35. The molecule has 23 heavy (non-hydrogen) atoms. The molecule has 0 radical (unpaired) electrons. The van der Waals surface area contributed by atoms with Crippen LogP contribution in [-0.4, -0.2) is 18.6 Å². The van der Waals surface area contributed by atoms with E-state index < -0.39 is 5.97 Å². The molecule has 0 aromatic heterocycles. The van der Waals surface area contributed by atoms with Crippen molar-refractivity contribution in [2.24, 2.45) is 0 Å². The van der Waals surface area contributed by atoms with Crippen molar-refractivity contribution >= 4 is 23.4 Å². The smallest absolute Gasteiger partial charge is 0.323 e. The van der Waals surface area contributed by atoms with Gasteiger partial charge in [-0.05, 0) is 48.9 Å². The fourth-order valence-electron chi connectivity index (χ4n) is 1.97. The van der Waals surface area contributed by atoms with Gasteiger partial charge in [0, 0.05) is 23.8 Å². The molecule has 6 nitrogen and oxygen atoms in total. The molecule has 0 aliphatic rings. The first-order chi connectivity index (χ1) is 11.1. The molecule has 0 aliphatic heterocycles. The molecule has 6 heteroatoms. The van der Waals surface area contributed by atoms with E-state index in [4.69, 9.17) is 4.74 Å². The molecular formula is C17H17N2O4-. The van der Waals surface area contributed by atoms with E-state index in [1.165, 1.54) is 0 Å². The number of nitrogens with one attached hydrogen (secondary N) is 2. The predicted molar refractivity (Wildman–Crippen MR) is 85.4 cm³/mol. The molecule has 120 valence electrons. The minimum absolute atomic E-state index is 0.154. The number of rotatable bonds is 6. The first-order valence-electron chi connectivity index (χ1n) is 7.16. The fourth-order valence-corrected chi connectivity index (χ4v) is 1.97. The van der Waals surface area contributed by atoms with Crippen LogP contribution < -0.4 is 20.5 Å². The van der Waals surface area contributed by atoms with Gasteiger partial charge in [0.1, 0.15) is 5.75 Å². The van der Waals surface area contributed by atoms with Crippen LogP contribution in [0.5, 0.6) is 5.75 Å². The number of urea groups is 1. The summed E-state index contributed by atoms with van der Waals surface area (Å²) in [6.45, 7) is 2.49. The first-order valence-corrected chi connectivity index (χ1v) is 7.16. The molecule has 0 aliphatic carbocycles. The Morgan fingerprint density at radius 2 is 1.48 bits per heavy atom. The molecule has 0 saturated heterocycles. The van der Waals surface area contributed by atoms with Gasteiger partial charge in [0.15, 0.2) is 0 Å². The van der Waals surface area contributed by atoms with Gasteiger partial charge < -0.3 is 25.3 Å². The topological polar surface area (TPSA) is 90.5 Å². The maximum Gasteiger partial charge on any atom is 0.323 e. The van der Waals surface area contributed by atoms with Crippen molar-refractivity contribution in [3.8, 4) is 5.75 Å². The third-order valence-electron chi connectivity index (χ3n) is 2.98. The van der Waals surface area contributed by atoms with Crippen molar-refractivity contribution in [1.82, 2.24) is 0 Å². The second-order valence-corrected chi connectivity index (χ2v) is 4.78. The Balaban J connectivity index is 1.90. The van der Waals surface area contributed by atoms with E-state index in [9.17, 15) is 14.7 Å². The maximum absolute atomic E-state index is 11.9. The van der Waals surface area contributed by atoms with Crippen LogP contribution >= 0.6 is 0 Å². The van der Waals surface area contributed by atoms with Crippen LogP contribution in [0.25, 0.3) is 0 Å². The number of benzene rings is 2. The normalized spacial score (nSPS) is 9.96. The number of anilines is 2. The SMILES string of the molecule is CCOc1ccc(NC(=O)Nc2ccc(CC(=O)[O-])cc2)cc1. The number of hydrogen-bond acceptors (Lipinski definition) is 4. The number of carbonyl (C=O) groups is 2. The monoisotopic (exact) mass is 313 g/mol. The van der Waals surface area contributed by atoms with Gasteiger partial charge in [-0.1, -0.05) is 12.1 Å². The molecule has 0 fully saturated rings. The molecule has 2 aromatic carbocycles. The molecule has 2 N–H and O–H groups in total. The summed E-state index contributed by atoms with van der Waals surface area (Å²) in [5, 5.41) is 15.9. The van der Waals surface area contributed by atoms with Gasteiger partial charge in [-0.15, -0.1) is 0 Å². The lowest BCUT2D eigenvalue weighted by molar-refractivity contribution is -0.304. The molecular weight excluding hydrogens is 296 g/mol. The van der Waals surface area contributed by atoms with Gasteiger partial charge in [0.05, 0.1) is 6.61 Å².